The van der Waals surface area contributed by atoms with Crippen LogP contribution >= 0.6 is 0 Å². The molecule has 0 aromatic carbocycles. The molecule has 0 aliphatic carbocycles. The quantitative estimate of drug-likeness (QED) is 0.0210. The van der Waals surface area contributed by atoms with E-state index < -0.39 is 6.10 Å². The zero-order valence-corrected chi connectivity index (χ0v) is 33.5. The Morgan fingerprint density at radius 2 is 0.846 bits per heavy atom. The molecule has 0 aliphatic rings. The summed E-state index contributed by atoms with van der Waals surface area (Å²) in [5.41, 5.74) is 0. The number of rotatable bonds is 36. The summed E-state index contributed by atoms with van der Waals surface area (Å²) in [6.07, 6.45) is 48.9. The maximum Gasteiger partial charge on any atom is 0.306 e. The topological polar surface area (TPSA) is 78.9 Å². The van der Waals surface area contributed by atoms with Gasteiger partial charge in [0, 0.05) is 19.3 Å². The Bertz CT molecular complexity index is 1020. The average molecular weight is 725 g/mol. The highest BCUT2D eigenvalue weighted by atomic mass is 16.6. The maximum absolute atomic E-state index is 12.6. The number of allylic oxidation sites excluding steroid dienone is 12. The molecule has 0 bridgehead atoms. The van der Waals surface area contributed by atoms with Gasteiger partial charge in [-0.2, -0.15) is 0 Å². The summed E-state index contributed by atoms with van der Waals surface area (Å²) < 4.78 is 16.6. The largest absolute Gasteiger partial charge is 0.462 e. The van der Waals surface area contributed by atoms with Crippen molar-refractivity contribution in [2.45, 2.75) is 187 Å². The van der Waals surface area contributed by atoms with E-state index in [4.69, 9.17) is 14.2 Å². The summed E-state index contributed by atoms with van der Waals surface area (Å²) in [6, 6.07) is 0. The van der Waals surface area contributed by atoms with Gasteiger partial charge in [-0.25, -0.2) is 0 Å². The van der Waals surface area contributed by atoms with Gasteiger partial charge >= 0.3 is 17.9 Å². The first kappa shape index (κ1) is 48.9. The second-order valence-electron chi connectivity index (χ2n) is 13.5. The van der Waals surface area contributed by atoms with Gasteiger partial charge in [-0.15, -0.1) is 0 Å². The van der Waals surface area contributed by atoms with E-state index in [0.29, 0.717) is 19.3 Å². The van der Waals surface area contributed by atoms with E-state index in [-0.39, 0.29) is 37.5 Å². The van der Waals surface area contributed by atoms with Crippen LogP contribution in [0.3, 0.4) is 0 Å². The van der Waals surface area contributed by atoms with Crippen LogP contribution in [0.2, 0.25) is 0 Å². The number of carbonyl (C=O) groups excluding carboxylic acids is 3. The lowest BCUT2D eigenvalue weighted by Crippen LogP contribution is -2.30. The van der Waals surface area contributed by atoms with E-state index >= 15 is 0 Å². The summed E-state index contributed by atoms with van der Waals surface area (Å²) in [7, 11) is 0. The van der Waals surface area contributed by atoms with Crippen LogP contribution in [-0.2, 0) is 28.6 Å². The van der Waals surface area contributed by atoms with Crippen molar-refractivity contribution in [2.24, 2.45) is 0 Å². The molecule has 0 N–H and O–H groups in total. The normalized spacial score (nSPS) is 12.8. The second kappa shape index (κ2) is 40.6. The van der Waals surface area contributed by atoms with Gasteiger partial charge < -0.3 is 14.2 Å². The highest BCUT2D eigenvalue weighted by Gasteiger charge is 2.19. The molecule has 0 saturated carbocycles. The lowest BCUT2D eigenvalue weighted by molar-refractivity contribution is -0.167. The average Bonchev–Trinajstić information content (AvgIpc) is 3.14. The fourth-order valence-electron chi connectivity index (χ4n) is 5.26. The third kappa shape index (κ3) is 38.1. The molecule has 6 heteroatoms. The van der Waals surface area contributed by atoms with Crippen molar-refractivity contribution in [2.75, 3.05) is 13.2 Å². The van der Waals surface area contributed by atoms with E-state index in [1.165, 1.54) is 44.9 Å². The summed E-state index contributed by atoms with van der Waals surface area (Å²) >= 11 is 0. The van der Waals surface area contributed by atoms with Crippen LogP contribution in [0.4, 0.5) is 0 Å². The van der Waals surface area contributed by atoms with Gasteiger partial charge in [0.25, 0.3) is 0 Å². The fourth-order valence-corrected chi connectivity index (χ4v) is 5.26. The van der Waals surface area contributed by atoms with Crippen molar-refractivity contribution in [1.82, 2.24) is 0 Å². The molecule has 0 saturated heterocycles. The Balaban J connectivity index is 4.52. The van der Waals surface area contributed by atoms with Crippen molar-refractivity contribution < 1.29 is 28.6 Å². The molecule has 1 atom stereocenters. The van der Waals surface area contributed by atoms with Gasteiger partial charge in [0.1, 0.15) is 13.2 Å². The predicted octanol–water partition coefficient (Wildman–Crippen LogP) is 13.1. The van der Waals surface area contributed by atoms with Gasteiger partial charge in [-0.1, -0.05) is 145 Å². The Hall–Kier alpha value is -3.15. The third-order valence-corrected chi connectivity index (χ3v) is 8.44. The molecule has 0 spiro atoms. The number of hydrogen-bond acceptors (Lipinski definition) is 6. The molecule has 0 aromatic rings. The maximum atomic E-state index is 12.6. The van der Waals surface area contributed by atoms with Crippen LogP contribution in [0, 0.1) is 0 Å². The SMILES string of the molecule is CC/C=C\C/C=C\C/C=C\CCCC(=O)OC(COC(=O)CCCCC/C=C\C=C/CCCC)COC(=O)CCCCCCC/C=C\CCCCC. The van der Waals surface area contributed by atoms with Crippen LogP contribution in [0.25, 0.3) is 0 Å². The number of ether oxygens (including phenoxy) is 3. The van der Waals surface area contributed by atoms with E-state index in [9.17, 15) is 14.4 Å². The van der Waals surface area contributed by atoms with Crippen LogP contribution in [0.1, 0.15) is 181 Å². The zero-order valence-electron chi connectivity index (χ0n) is 33.5. The first-order valence-corrected chi connectivity index (χ1v) is 21.0. The standard InChI is InChI=1S/C46H76O6/c1-4-7-10-13-16-19-22-25-27-30-33-36-39-45(48)51-42-43(52-46(49)40-37-34-31-28-24-21-18-15-12-9-6-3)41-50-44(47)38-35-32-29-26-23-20-17-14-11-8-5-2/h9,12,14,16-21,23,28,31,43H,4-8,10-11,13,15,22,24-27,29-30,32-42H2,1-3H3/b12-9-,17-14-,19-16-,21-18-,23-20-,31-28-. The van der Waals surface area contributed by atoms with Crippen LogP contribution in [0.15, 0.2) is 72.9 Å². The minimum absolute atomic E-state index is 0.110. The molecule has 6 nitrogen and oxygen atoms in total. The Morgan fingerprint density at radius 1 is 0.423 bits per heavy atom. The molecule has 0 fully saturated rings. The van der Waals surface area contributed by atoms with E-state index in [0.717, 1.165) is 89.9 Å². The van der Waals surface area contributed by atoms with Gasteiger partial charge in [0.2, 0.25) is 0 Å². The van der Waals surface area contributed by atoms with Crippen molar-refractivity contribution >= 4 is 17.9 Å². The monoisotopic (exact) mass is 725 g/mol. The minimum Gasteiger partial charge on any atom is -0.462 e. The van der Waals surface area contributed by atoms with Crippen molar-refractivity contribution in [1.29, 1.82) is 0 Å². The molecule has 296 valence electrons. The number of carbonyl (C=O) groups is 3. The van der Waals surface area contributed by atoms with Crippen molar-refractivity contribution in [3.8, 4) is 0 Å². The molecule has 0 radical (unpaired) electrons. The zero-order chi connectivity index (χ0) is 38.0. The summed E-state index contributed by atoms with van der Waals surface area (Å²) in [4.78, 5) is 37.5. The summed E-state index contributed by atoms with van der Waals surface area (Å²) in [5.74, 6) is -1.01. The predicted molar refractivity (Wildman–Crippen MR) is 219 cm³/mol. The molecule has 0 aromatic heterocycles. The first-order chi connectivity index (χ1) is 25.5. The van der Waals surface area contributed by atoms with Crippen LogP contribution in [0.5, 0.6) is 0 Å². The van der Waals surface area contributed by atoms with Gasteiger partial charge in [0.15, 0.2) is 6.10 Å². The number of hydrogen-bond donors (Lipinski definition) is 0. The Kier molecular flexibility index (Phi) is 38.2. The van der Waals surface area contributed by atoms with Crippen molar-refractivity contribution in [3.63, 3.8) is 0 Å². The third-order valence-electron chi connectivity index (χ3n) is 8.44. The fraction of sp³-hybridized carbons (Fsp3) is 0.674. The van der Waals surface area contributed by atoms with Gasteiger partial charge in [-0.05, 0) is 89.9 Å². The first-order valence-electron chi connectivity index (χ1n) is 21.0. The van der Waals surface area contributed by atoms with Gasteiger partial charge in [-0.3, -0.25) is 14.4 Å². The summed E-state index contributed by atoms with van der Waals surface area (Å²) in [5, 5.41) is 0. The minimum atomic E-state index is -0.812. The number of esters is 3. The molecule has 0 heterocycles. The lowest BCUT2D eigenvalue weighted by atomic mass is 10.1. The van der Waals surface area contributed by atoms with Crippen molar-refractivity contribution in [3.05, 3.63) is 72.9 Å². The van der Waals surface area contributed by atoms with Crippen LogP contribution < -0.4 is 0 Å². The van der Waals surface area contributed by atoms with E-state index in [1.54, 1.807) is 0 Å². The smallest absolute Gasteiger partial charge is 0.306 e. The molecular weight excluding hydrogens is 648 g/mol. The molecular formula is C46H76O6. The van der Waals surface area contributed by atoms with Crippen LogP contribution in [-0.4, -0.2) is 37.2 Å². The molecule has 0 amide bonds. The Morgan fingerprint density at radius 3 is 1.44 bits per heavy atom. The molecule has 1 unspecified atom stereocenters. The van der Waals surface area contributed by atoms with E-state index in [1.807, 2.05) is 0 Å². The molecule has 0 rings (SSSR count). The lowest BCUT2D eigenvalue weighted by Gasteiger charge is -2.18. The number of unbranched alkanes of at least 4 members (excludes halogenated alkanes) is 14. The molecule has 0 aliphatic heterocycles. The van der Waals surface area contributed by atoms with E-state index in [2.05, 4.69) is 93.7 Å². The highest BCUT2D eigenvalue weighted by Crippen LogP contribution is 2.11. The second-order valence-corrected chi connectivity index (χ2v) is 13.5. The molecule has 52 heavy (non-hydrogen) atoms. The Labute approximate surface area is 319 Å². The van der Waals surface area contributed by atoms with Gasteiger partial charge in [0.05, 0.1) is 0 Å². The summed E-state index contributed by atoms with van der Waals surface area (Å²) in [6.45, 7) is 6.33. The highest BCUT2D eigenvalue weighted by molar-refractivity contribution is 5.71.